The Labute approximate surface area is 199 Å². The molecular formula is C26H30N2O6. The van der Waals surface area contributed by atoms with Crippen molar-refractivity contribution < 1.29 is 28.5 Å². The van der Waals surface area contributed by atoms with Gasteiger partial charge in [-0.25, -0.2) is 0 Å². The molecule has 1 fully saturated rings. The molecule has 0 bridgehead atoms. The number of methoxy groups -OCH3 is 3. The normalized spacial score (nSPS) is 14.6. The molecule has 0 unspecified atom stereocenters. The summed E-state index contributed by atoms with van der Waals surface area (Å²) in [6.07, 6.45) is 3.04. The lowest BCUT2D eigenvalue weighted by Gasteiger charge is -2.38. The summed E-state index contributed by atoms with van der Waals surface area (Å²) in [5, 5.41) is 10.4. The number of nitrogens with zero attached hydrogens (tertiary/aromatic N) is 2. The molecule has 0 atom stereocenters. The number of hydrogen-bond donors (Lipinski definition) is 1. The van der Waals surface area contributed by atoms with Crippen molar-refractivity contribution in [3.05, 3.63) is 66.1 Å². The molecule has 2 aromatic carbocycles. The maximum Gasteiger partial charge on any atom is 0.294 e. The second-order valence-corrected chi connectivity index (χ2v) is 8.17. The minimum absolute atomic E-state index is 0.0224. The third-order valence-electron chi connectivity index (χ3n) is 6.21. The van der Waals surface area contributed by atoms with Gasteiger partial charge < -0.3 is 28.6 Å². The highest BCUT2D eigenvalue weighted by atomic mass is 16.5. The van der Waals surface area contributed by atoms with Crippen LogP contribution in [0, 0.1) is 0 Å². The maximum absolute atomic E-state index is 13.4. The SMILES string of the molecule is COc1ccc(N(C(=O)c2ccco2)C2CCN(Cc3cccc(OC)c3O)CC2)cc1OC. The number of furan rings is 1. The van der Waals surface area contributed by atoms with Gasteiger partial charge in [0.2, 0.25) is 0 Å². The number of aromatic hydroxyl groups is 1. The number of anilines is 1. The lowest BCUT2D eigenvalue weighted by Crippen LogP contribution is -2.47. The molecule has 8 heteroatoms. The molecule has 4 rings (SSSR count). The Kier molecular flexibility index (Phi) is 7.27. The molecule has 0 saturated carbocycles. The summed E-state index contributed by atoms with van der Waals surface area (Å²) in [6.45, 7) is 2.16. The van der Waals surface area contributed by atoms with Gasteiger partial charge in [-0.3, -0.25) is 9.69 Å². The van der Waals surface area contributed by atoms with Crippen molar-refractivity contribution in [2.45, 2.75) is 25.4 Å². The van der Waals surface area contributed by atoms with Crippen molar-refractivity contribution in [1.82, 2.24) is 4.90 Å². The van der Waals surface area contributed by atoms with Crippen LogP contribution in [0.3, 0.4) is 0 Å². The molecule has 34 heavy (non-hydrogen) atoms. The highest BCUT2D eigenvalue weighted by Gasteiger charge is 2.32. The first kappa shape index (κ1) is 23.5. The molecule has 1 amide bonds. The van der Waals surface area contributed by atoms with Crippen molar-refractivity contribution in [3.63, 3.8) is 0 Å². The second kappa shape index (κ2) is 10.5. The molecule has 0 aliphatic carbocycles. The predicted molar refractivity (Wildman–Crippen MR) is 128 cm³/mol. The monoisotopic (exact) mass is 466 g/mol. The van der Waals surface area contributed by atoms with Crippen LogP contribution in [-0.4, -0.2) is 56.4 Å². The highest BCUT2D eigenvalue weighted by molar-refractivity contribution is 6.04. The van der Waals surface area contributed by atoms with Crippen molar-refractivity contribution in [3.8, 4) is 23.0 Å². The number of hydrogen-bond acceptors (Lipinski definition) is 7. The zero-order chi connectivity index (χ0) is 24.1. The molecule has 1 aromatic heterocycles. The van der Waals surface area contributed by atoms with Crippen LogP contribution < -0.4 is 19.1 Å². The number of piperidine rings is 1. The van der Waals surface area contributed by atoms with E-state index in [9.17, 15) is 9.90 Å². The maximum atomic E-state index is 13.4. The van der Waals surface area contributed by atoms with Crippen LogP contribution in [0.2, 0.25) is 0 Å². The third kappa shape index (κ3) is 4.82. The van der Waals surface area contributed by atoms with Gasteiger partial charge in [0.15, 0.2) is 28.8 Å². The first-order chi connectivity index (χ1) is 16.5. The molecule has 2 heterocycles. The Morgan fingerprint density at radius 2 is 1.74 bits per heavy atom. The predicted octanol–water partition coefficient (Wildman–Crippen LogP) is 4.32. The van der Waals surface area contributed by atoms with E-state index in [1.807, 2.05) is 24.3 Å². The van der Waals surface area contributed by atoms with Crippen LogP contribution in [0.4, 0.5) is 5.69 Å². The van der Waals surface area contributed by atoms with E-state index in [1.54, 1.807) is 50.5 Å². The van der Waals surface area contributed by atoms with E-state index in [1.165, 1.54) is 6.26 Å². The number of rotatable bonds is 8. The second-order valence-electron chi connectivity index (χ2n) is 8.17. The van der Waals surface area contributed by atoms with Gasteiger partial charge in [0.05, 0.1) is 27.6 Å². The Morgan fingerprint density at radius 1 is 1.00 bits per heavy atom. The molecular weight excluding hydrogens is 436 g/mol. The fraction of sp³-hybridized carbons (Fsp3) is 0.346. The van der Waals surface area contributed by atoms with E-state index >= 15 is 0 Å². The number of amides is 1. The Morgan fingerprint density at radius 3 is 2.38 bits per heavy atom. The number of phenols is 1. The number of para-hydroxylation sites is 1. The van der Waals surface area contributed by atoms with E-state index in [0.29, 0.717) is 29.6 Å². The lowest BCUT2D eigenvalue weighted by atomic mass is 10.0. The van der Waals surface area contributed by atoms with E-state index in [2.05, 4.69) is 4.90 Å². The fourth-order valence-corrected chi connectivity index (χ4v) is 4.42. The standard InChI is InChI=1S/C26H30N2O6/c1-31-21-10-9-20(16-24(21)33-3)28(26(30)23-8-5-15-34-23)19-11-13-27(14-12-19)17-18-6-4-7-22(32-2)25(18)29/h4-10,15-16,19,29H,11-14,17H2,1-3H3. The number of likely N-dealkylation sites (tertiary alicyclic amines) is 1. The van der Waals surface area contributed by atoms with Gasteiger partial charge in [0, 0.05) is 43.0 Å². The smallest absolute Gasteiger partial charge is 0.294 e. The minimum atomic E-state index is -0.193. The number of benzene rings is 2. The van der Waals surface area contributed by atoms with Crippen LogP contribution in [0.1, 0.15) is 29.0 Å². The average molecular weight is 467 g/mol. The number of phenolic OH excluding ortho intramolecular Hbond substituents is 1. The van der Waals surface area contributed by atoms with E-state index in [0.717, 1.165) is 37.2 Å². The molecule has 8 nitrogen and oxygen atoms in total. The Bertz CT molecular complexity index is 1110. The van der Waals surface area contributed by atoms with Crippen molar-refractivity contribution in [1.29, 1.82) is 0 Å². The van der Waals surface area contributed by atoms with Gasteiger partial charge in [-0.15, -0.1) is 0 Å². The minimum Gasteiger partial charge on any atom is -0.504 e. The topological polar surface area (TPSA) is 84.6 Å². The Hall–Kier alpha value is -3.65. The molecule has 0 radical (unpaired) electrons. The van der Waals surface area contributed by atoms with E-state index in [-0.39, 0.29) is 17.7 Å². The van der Waals surface area contributed by atoms with Gasteiger partial charge in [-0.05, 0) is 43.2 Å². The Balaban J connectivity index is 1.54. The summed E-state index contributed by atoms with van der Waals surface area (Å²) in [5.41, 5.74) is 1.55. The van der Waals surface area contributed by atoms with Gasteiger partial charge in [-0.2, -0.15) is 0 Å². The first-order valence-electron chi connectivity index (χ1n) is 11.2. The van der Waals surface area contributed by atoms with Crippen LogP contribution >= 0.6 is 0 Å². The number of carbonyl (C=O) groups excluding carboxylic acids is 1. The molecule has 180 valence electrons. The summed E-state index contributed by atoms with van der Waals surface area (Å²) >= 11 is 0. The van der Waals surface area contributed by atoms with Crippen molar-refractivity contribution in [2.24, 2.45) is 0 Å². The lowest BCUT2D eigenvalue weighted by molar-refractivity contribution is 0.0931. The molecule has 1 saturated heterocycles. The molecule has 1 aliphatic heterocycles. The zero-order valence-electron chi connectivity index (χ0n) is 19.7. The summed E-state index contributed by atoms with van der Waals surface area (Å²) < 4.78 is 21.5. The van der Waals surface area contributed by atoms with Gasteiger partial charge >= 0.3 is 0 Å². The van der Waals surface area contributed by atoms with Gasteiger partial charge in [0.25, 0.3) is 5.91 Å². The van der Waals surface area contributed by atoms with Crippen LogP contribution in [0.25, 0.3) is 0 Å². The first-order valence-corrected chi connectivity index (χ1v) is 11.2. The summed E-state index contributed by atoms with van der Waals surface area (Å²) in [5.74, 6) is 1.90. The van der Waals surface area contributed by atoms with Crippen molar-refractivity contribution in [2.75, 3.05) is 39.3 Å². The molecule has 1 aliphatic rings. The quantitative estimate of drug-likeness (QED) is 0.529. The van der Waals surface area contributed by atoms with Gasteiger partial charge in [-0.1, -0.05) is 12.1 Å². The van der Waals surface area contributed by atoms with E-state index < -0.39 is 0 Å². The van der Waals surface area contributed by atoms with E-state index in [4.69, 9.17) is 18.6 Å². The molecule has 1 N–H and O–H groups in total. The molecule has 3 aromatic rings. The summed E-state index contributed by atoms with van der Waals surface area (Å²) in [6, 6.07) is 14.4. The average Bonchev–Trinajstić information content (AvgIpc) is 3.41. The van der Waals surface area contributed by atoms with Crippen molar-refractivity contribution >= 4 is 11.6 Å². The molecule has 0 spiro atoms. The summed E-state index contributed by atoms with van der Waals surface area (Å²) in [7, 11) is 4.70. The highest BCUT2D eigenvalue weighted by Crippen LogP contribution is 2.35. The number of carbonyl (C=O) groups is 1. The van der Waals surface area contributed by atoms with Crippen LogP contribution in [0.5, 0.6) is 23.0 Å². The zero-order valence-corrected chi connectivity index (χ0v) is 19.7. The third-order valence-corrected chi connectivity index (χ3v) is 6.21. The van der Waals surface area contributed by atoms with Gasteiger partial charge in [0.1, 0.15) is 0 Å². The van der Waals surface area contributed by atoms with Crippen LogP contribution in [-0.2, 0) is 6.54 Å². The fourth-order valence-electron chi connectivity index (χ4n) is 4.42. The number of ether oxygens (including phenoxy) is 3. The largest absolute Gasteiger partial charge is 0.504 e. The van der Waals surface area contributed by atoms with Crippen LogP contribution in [0.15, 0.2) is 59.2 Å². The summed E-state index contributed by atoms with van der Waals surface area (Å²) in [4.78, 5) is 17.5.